The topological polar surface area (TPSA) is 35.5 Å². The van der Waals surface area contributed by atoms with Crippen LogP contribution in [0.5, 0.6) is 0 Å². The fourth-order valence-corrected chi connectivity index (χ4v) is 3.30. The Kier molecular flexibility index (Phi) is 5.38. The van der Waals surface area contributed by atoms with Gasteiger partial charge in [-0.1, -0.05) is 32.9 Å². The average molecular weight is 296 g/mol. The van der Waals surface area contributed by atoms with E-state index in [-0.39, 0.29) is 17.1 Å². The summed E-state index contributed by atoms with van der Waals surface area (Å²) in [5, 5.41) is 0.155. The molecule has 3 nitrogen and oxygen atoms in total. The number of hydrogen-bond donors (Lipinski definition) is 0. The second-order valence-corrected chi connectivity index (χ2v) is 11.8. The zero-order valence-corrected chi connectivity index (χ0v) is 14.7. The second-order valence-electron chi connectivity index (χ2n) is 7.06. The number of carbonyl (C=O) groups excluding carboxylic acids is 1. The van der Waals surface area contributed by atoms with Gasteiger partial charge in [-0.3, -0.25) is 0 Å². The smallest absolute Gasteiger partial charge is 0.330 e. The van der Waals surface area contributed by atoms with Gasteiger partial charge in [0.1, 0.15) is 0 Å². The summed E-state index contributed by atoms with van der Waals surface area (Å²) in [6.07, 6.45) is 4.17. The second kappa shape index (κ2) is 6.27. The Balaban J connectivity index is 2.94. The third-order valence-electron chi connectivity index (χ3n) is 4.40. The molecule has 4 heteroatoms. The van der Waals surface area contributed by atoms with E-state index in [0.29, 0.717) is 0 Å². The van der Waals surface area contributed by atoms with Gasteiger partial charge in [-0.05, 0) is 43.0 Å². The predicted octanol–water partition coefficient (Wildman–Crippen LogP) is 4.22. The third kappa shape index (κ3) is 4.32. The quantitative estimate of drug-likeness (QED) is 0.338. The molecule has 0 heterocycles. The fourth-order valence-electron chi connectivity index (χ4n) is 2.00. The van der Waals surface area contributed by atoms with Gasteiger partial charge in [0.25, 0.3) is 0 Å². The molecule has 0 bridgehead atoms. The molecule has 1 rings (SSSR count). The van der Waals surface area contributed by atoms with Crippen molar-refractivity contribution in [3.63, 3.8) is 0 Å². The first-order valence-electron chi connectivity index (χ1n) is 7.19. The van der Waals surface area contributed by atoms with Crippen LogP contribution in [0.25, 0.3) is 0 Å². The van der Waals surface area contributed by atoms with Crippen molar-refractivity contribution in [1.29, 1.82) is 0 Å². The number of esters is 1. The number of rotatable bonds is 3. The van der Waals surface area contributed by atoms with E-state index in [1.807, 2.05) is 0 Å². The van der Waals surface area contributed by atoms with Gasteiger partial charge in [-0.25, -0.2) is 4.79 Å². The first kappa shape index (κ1) is 17.2. The van der Waals surface area contributed by atoms with Crippen molar-refractivity contribution >= 4 is 14.3 Å². The number of ether oxygens (including phenoxy) is 1. The molecule has 114 valence electrons. The minimum atomic E-state index is -1.86. The molecule has 1 saturated carbocycles. The largest absolute Gasteiger partial charge is 0.466 e. The lowest BCUT2D eigenvalue weighted by Gasteiger charge is -2.41. The summed E-state index contributed by atoms with van der Waals surface area (Å²) in [5.74, 6) is -0.295. The highest BCUT2D eigenvalue weighted by Crippen LogP contribution is 2.40. The van der Waals surface area contributed by atoms with Crippen molar-refractivity contribution in [1.82, 2.24) is 0 Å². The van der Waals surface area contributed by atoms with Crippen molar-refractivity contribution < 1.29 is 14.0 Å². The molecule has 1 aliphatic rings. The van der Waals surface area contributed by atoms with Crippen LogP contribution in [0.4, 0.5) is 0 Å². The highest BCUT2D eigenvalue weighted by Gasteiger charge is 2.40. The van der Waals surface area contributed by atoms with E-state index < -0.39 is 8.32 Å². The van der Waals surface area contributed by atoms with E-state index in [1.165, 1.54) is 12.7 Å². The Morgan fingerprint density at radius 3 is 2.45 bits per heavy atom. The zero-order valence-electron chi connectivity index (χ0n) is 13.7. The van der Waals surface area contributed by atoms with Crippen LogP contribution in [-0.2, 0) is 14.0 Å². The number of methoxy groups -OCH3 is 1. The van der Waals surface area contributed by atoms with E-state index in [1.54, 1.807) is 6.08 Å². The number of hydrogen-bond acceptors (Lipinski definition) is 3. The lowest BCUT2D eigenvalue weighted by Crippen LogP contribution is -2.45. The maximum Gasteiger partial charge on any atom is 0.330 e. The maximum atomic E-state index is 11.5. The summed E-state index contributed by atoms with van der Waals surface area (Å²) >= 11 is 0. The van der Waals surface area contributed by atoms with Crippen molar-refractivity contribution in [2.45, 2.75) is 64.3 Å². The zero-order chi connectivity index (χ0) is 15.6. The van der Waals surface area contributed by atoms with Gasteiger partial charge in [-0.15, -0.1) is 0 Å². The van der Waals surface area contributed by atoms with Crippen molar-refractivity contribution in [3.05, 3.63) is 23.8 Å². The molecule has 0 saturated heterocycles. The van der Waals surface area contributed by atoms with Gasteiger partial charge in [0.15, 0.2) is 8.32 Å². The molecule has 1 fully saturated rings. The summed E-state index contributed by atoms with van der Waals surface area (Å²) in [6, 6.07) is 0. The van der Waals surface area contributed by atoms with Crippen LogP contribution >= 0.6 is 0 Å². The van der Waals surface area contributed by atoms with E-state index in [2.05, 4.69) is 40.4 Å². The summed E-state index contributed by atoms with van der Waals surface area (Å²) < 4.78 is 11.2. The molecule has 1 atom stereocenters. The van der Waals surface area contributed by atoms with Gasteiger partial charge in [0.05, 0.1) is 13.2 Å². The van der Waals surface area contributed by atoms with Crippen molar-refractivity contribution in [2.75, 3.05) is 7.11 Å². The average Bonchev–Trinajstić information content (AvgIpc) is 2.30. The summed E-state index contributed by atoms with van der Waals surface area (Å²) in [7, 11) is -0.451. The van der Waals surface area contributed by atoms with Crippen LogP contribution in [0.2, 0.25) is 18.1 Å². The van der Waals surface area contributed by atoms with E-state index in [4.69, 9.17) is 9.16 Å². The minimum absolute atomic E-state index is 0.0174. The number of carbonyl (C=O) groups is 1. The van der Waals surface area contributed by atoms with Crippen LogP contribution in [0.3, 0.4) is 0 Å². The Labute approximate surface area is 124 Å². The van der Waals surface area contributed by atoms with Gasteiger partial charge < -0.3 is 9.16 Å². The summed E-state index contributed by atoms with van der Waals surface area (Å²) in [4.78, 5) is 11.5. The lowest BCUT2D eigenvalue weighted by molar-refractivity contribution is -0.135. The molecule has 0 aromatic heterocycles. The highest BCUT2D eigenvalue weighted by molar-refractivity contribution is 6.74. The molecule has 20 heavy (non-hydrogen) atoms. The summed E-state index contributed by atoms with van der Waals surface area (Å²) in [5.41, 5.74) is 2.25. The lowest BCUT2D eigenvalue weighted by atomic mass is 9.89. The molecular formula is C16H28O3Si. The van der Waals surface area contributed by atoms with Crippen LogP contribution in [0.1, 0.15) is 40.0 Å². The molecule has 0 radical (unpaired) electrons. The molecular weight excluding hydrogens is 268 g/mol. The molecule has 0 aliphatic heterocycles. The molecule has 0 aromatic carbocycles. The van der Waals surface area contributed by atoms with Gasteiger partial charge in [0, 0.05) is 6.08 Å². The standard InChI is InChI=1S/C16H28O3Si/c1-12-8-9-13(11-15(17)18-5)14(10-12)19-20(6,7)16(2,3)4/h11,14H,1,8-10H2,2-7H3. The molecule has 1 aliphatic carbocycles. The van der Waals surface area contributed by atoms with Crippen LogP contribution in [0.15, 0.2) is 23.8 Å². The Bertz CT molecular complexity index is 416. The van der Waals surface area contributed by atoms with Crippen LogP contribution in [0, 0.1) is 0 Å². The maximum absolute atomic E-state index is 11.5. The monoisotopic (exact) mass is 296 g/mol. The van der Waals surface area contributed by atoms with Crippen molar-refractivity contribution in [2.24, 2.45) is 0 Å². The van der Waals surface area contributed by atoms with Crippen LogP contribution < -0.4 is 0 Å². The predicted molar refractivity (Wildman–Crippen MR) is 85.2 cm³/mol. The van der Waals surface area contributed by atoms with Gasteiger partial charge in [-0.2, -0.15) is 0 Å². The van der Waals surface area contributed by atoms with Gasteiger partial charge >= 0.3 is 5.97 Å². The fraction of sp³-hybridized carbons (Fsp3) is 0.688. The third-order valence-corrected chi connectivity index (χ3v) is 8.89. The first-order valence-corrected chi connectivity index (χ1v) is 10.1. The Morgan fingerprint density at radius 2 is 1.95 bits per heavy atom. The molecule has 0 spiro atoms. The Hall–Kier alpha value is -0.873. The molecule has 0 amide bonds. The normalized spacial score (nSPS) is 23.0. The molecule has 0 N–H and O–H groups in total. The van der Waals surface area contributed by atoms with Crippen molar-refractivity contribution in [3.8, 4) is 0 Å². The first-order chi connectivity index (χ1) is 9.06. The van der Waals surface area contributed by atoms with E-state index in [9.17, 15) is 4.79 Å². The SMILES string of the molecule is C=C1CCC(=CC(=O)OC)C(O[Si](C)(C)C(C)(C)C)C1. The van der Waals surface area contributed by atoms with E-state index >= 15 is 0 Å². The van der Waals surface area contributed by atoms with Gasteiger partial charge in [0.2, 0.25) is 0 Å². The highest BCUT2D eigenvalue weighted by atomic mass is 28.4. The Morgan fingerprint density at radius 1 is 1.35 bits per heavy atom. The molecule has 0 aromatic rings. The van der Waals surface area contributed by atoms with E-state index in [0.717, 1.165) is 24.8 Å². The van der Waals surface area contributed by atoms with Crippen LogP contribution in [-0.4, -0.2) is 27.5 Å². The molecule has 1 unspecified atom stereocenters. The summed E-state index contributed by atoms with van der Waals surface area (Å²) in [6.45, 7) is 15.2. The minimum Gasteiger partial charge on any atom is -0.466 e.